The first-order valence-corrected chi connectivity index (χ1v) is 20.0. The zero-order valence-corrected chi connectivity index (χ0v) is 32.6. The molecular weight excluding hydrogens is 729 g/mol. The van der Waals surface area contributed by atoms with Crippen LogP contribution in [0.4, 0.5) is 0 Å². The van der Waals surface area contributed by atoms with Crippen LogP contribution in [-0.4, -0.2) is 15.0 Å². The highest BCUT2D eigenvalue weighted by atomic mass is 15.0. The molecule has 0 unspecified atom stereocenters. The van der Waals surface area contributed by atoms with E-state index in [4.69, 9.17) is 15.0 Å². The number of benzene rings is 9. The van der Waals surface area contributed by atoms with Crippen LogP contribution < -0.4 is 0 Å². The van der Waals surface area contributed by atoms with E-state index in [1.165, 1.54) is 27.8 Å². The minimum atomic E-state index is 0.589. The predicted molar refractivity (Wildman–Crippen MR) is 246 cm³/mol. The van der Waals surface area contributed by atoms with Gasteiger partial charge in [0, 0.05) is 16.7 Å². The van der Waals surface area contributed by atoms with Crippen LogP contribution in [0.1, 0.15) is 5.56 Å². The lowest BCUT2D eigenvalue weighted by molar-refractivity contribution is 1.07. The minimum absolute atomic E-state index is 0.589. The highest BCUT2D eigenvalue weighted by molar-refractivity contribution is 5.98. The smallest absolute Gasteiger partial charge is 0.164 e. The molecule has 0 bridgehead atoms. The Morgan fingerprint density at radius 3 is 1.32 bits per heavy atom. The normalized spacial score (nSPS) is 11.0. The highest BCUT2D eigenvalue weighted by Gasteiger charge is 2.18. The van der Waals surface area contributed by atoms with E-state index >= 15 is 0 Å². The molecule has 0 aliphatic carbocycles. The maximum absolute atomic E-state index is 9.28. The van der Waals surface area contributed by atoms with Gasteiger partial charge in [-0.2, -0.15) is 5.26 Å². The van der Waals surface area contributed by atoms with Crippen LogP contribution in [0.3, 0.4) is 0 Å². The minimum Gasteiger partial charge on any atom is -0.208 e. The fourth-order valence-electron chi connectivity index (χ4n) is 7.97. The third-order valence-electron chi connectivity index (χ3n) is 11.0. The summed E-state index contributed by atoms with van der Waals surface area (Å²) in [6.45, 7) is 0. The molecule has 1 aromatic heterocycles. The van der Waals surface area contributed by atoms with Crippen molar-refractivity contribution >= 4 is 10.8 Å². The topological polar surface area (TPSA) is 62.5 Å². The molecule has 0 fully saturated rings. The first-order valence-electron chi connectivity index (χ1n) is 20.0. The van der Waals surface area contributed by atoms with Gasteiger partial charge in [0.05, 0.1) is 11.6 Å². The van der Waals surface area contributed by atoms with Crippen molar-refractivity contribution in [3.05, 3.63) is 224 Å². The zero-order chi connectivity index (χ0) is 40.3. The molecule has 0 atom stereocenters. The molecule has 0 radical (unpaired) electrons. The maximum Gasteiger partial charge on any atom is 0.164 e. The van der Waals surface area contributed by atoms with Gasteiger partial charge in [-0.3, -0.25) is 0 Å². The molecule has 0 aliphatic heterocycles. The maximum atomic E-state index is 9.28. The van der Waals surface area contributed by atoms with E-state index in [2.05, 4.69) is 188 Å². The molecule has 4 heteroatoms. The lowest BCUT2D eigenvalue weighted by atomic mass is 9.87. The van der Waals surface area contributed by atoms with Crippen molar-refractivity contribution in [2.75, 3.05) is 0 Å². The molecule has 0 amide bonds. The predicted octanol–water partition coefficient (Wildman–Crippen LogP) is 14.2. The molecule has 0 saturated carbocycles. The standard InChI is InChI=1S/C56H36N4/c57-37-38-23-25-39(26-24-38)40-27-29-44(30-28-40)54-58-55(60-56(59-54)52-20-11-10-19-49(52)41-13-4-1-5-14-41)48-34-32-45-35-47(33-31-46(45)36-48)51-22-12-21-50(42-15-6-2-7-16-42)53(51)43-17-8-3-9-18-43/h1-36H. The van der Waals surface area contributed by atoms with E-state index in [9.17, 15) is 5.26 Å². The molecule has 0 spiro atoms. The third-order valence-corrected chi connectivity index (χ3v) is 11.0. The van der Waals surface area contributed by atoms with Crippen LogP contribution in [0.5, 0.6) is 0 Å². The first kappa shape index (κ1) is 36.1. The summed E-state index contributed by atoms with van der Waals surface area (Å²) in [5.41, 5.74) is 14.7. The van der Waals surface area contributed by atoms with E-state index in [-0.39, 0.29) is 0 Å². The van der Waals surface area contributed by atoms with Crippen LogP contribution in [0.15, 0.2) is 218 Å². The Labute approximate surface area is 349 Å². The molecule has 10 aromatic rings. The molecule has 4 nitrogen and oxygen atoms in total. The molecule has 280 valence electrons. The zero-order valence-electron chi connectivity index (χ0n) is 32.6. The van der Waals surface area contributed by atoms with Gasteiger partial charge in [0.15, 0.2) is 17.5 Å². The second-order valence-corrected chi connectivity index (χ2v) is 14.7. The Hall–Kier alpha value is -8.26. The van der Waals surface area contributed by atoms with Gasteiger partial charge in [0.2, 0.25) is 0 Å². The van der Waals surface area contributed by atoms with E-state index in [0.29, 0.717) is 23.0 Å². The number of hydrogen-bond acceptors (Lipinski definition) is 4. The van der Waals surface area contributed by atoms with Crippen molar-refractivity contribution < 1.29 is 0 Å². The van der Waals surface area contributed by atoms with Gasteiger partial charge in [-0.25, -0.2) is 15.0 Å². The number of hydrogen-bond donors (Lipinski definition) is 0. The van der Waals surface area contributed by atoms with Crippen LogP contribution in [0, 0.1) is 11.3 Å². The van der Waals surface area contributed by atoms with Gasteiger partial charge < -0.3 is 0 Å². The van der Waals surface area contributed by atoms with E-state index in [0.717, 1.165) is 55.3 Å². The second kappa shape index (κ2) is 15.9. The highest BCUT2D eigenvalue weighted by Crippen LogP contribution is 2.41. The average molecular weight is 765 g/mol. The Morgan fingerprint density at radius 1 is 0.283 bits per heavy atom. The van der Waals surface area contributed by atoms with Crippen molar-refractivity contribution in [1.82, 2.24) is 15.0 Å². The summed E-state index contributed by atoms with van der Waals surface area (Å²) in [4.78, 5) is 15.4. The monoisotopic (exact) mass is 764 g/mol. The van der Waals surface area contributed by atoms with Crippen molar-refractivity contribution in [3.8, 4) is 95.9 Å². The molecule has 10 rings (SSSR count). The van der Waals surface area contributed by atoms with E-state index in [1.807, 2.05) is 36.4 Å². The largest absolute Gasteiger partial charge is 0.208 e. The number of rotatable bonds is 8. The summed E-state index contributed by atoms with van der Waals surface area (Å²) in [6, 6.07) is 77.8. The fraction of sp³-hybridized carbons (Fsp3) is 0. The summed E-state index contributed by atoms with van der Waals surface area (Å²) in [6.07, 6.45) is 0. The molecular formula is C56H36N4. The first-order chi connectivity index (χ1) is 29.7. The van der Waals surface area contributed by atoms with E-state index < -0.39 is 0 Å². The number of nitrogens with zero attached hydrogens (tertiary/aromatic N) is 4. The number of nitriles is 1. The van der Waals surface area contributed by atoms with Crippen molar-refractivity contribution in [1.29, 1.82) is 5.26 Å². The Morgan fingerprint density at radius 2 is 0.700 bits per heavy atom. The number of fused-ring (bicyclic) bond motifs is 1. The van der Waals surface area contributed by atoms with Crippen LogP contribution >= 0.6 is 0 Å². The van der Waals surface area contributed by atoms with Gasteiger partial charge in [-0.15, -0.1) is 0 Å². The summed E-state index contributed by atoms with van der Waals surface area (Å²) in [5.74, 6) is 1.79. The quantitative estimate of drug-likeness (QED) is 0.155. The van der Waals surface area contributed by atoms with Crippen molar-refractivity contribution in [2.24, 2.45) is 0 Å². The second-order valence-electron chi connectivity index (χ2n) is 14.7. The summed E-state index contributed by atoms with van der Waals surface area (Å²) < 4.78 is 0. The van der Waals surface area contributed by atoms with E-state index in [1.54, 1.807) is 0 Å². The van der Waals surface area contributed by atoms with Gasteiger partial charge in [0.25, 0.3) is 0 Å². The Balaban J connectivity index is 1.08. The summed E-state index contributed by atoms with van der Waals surface area (Å²) in [5, 5.41) is 11.5. The molecule has 0 aliphatic rings. The lowest BCUT2D eigenvalue weighted by Gasteiger charge is -2.17. The molecule has 0 saturated heterocycles. The lowest BCUT2D eigenvalue weighted by Crippen LogP contribution is -2.01. The van der Waals surface area contributed by atoms with Gasteiger partial charge in [0.1, 0.15) is 0 Å². The summed E-state index contributed by atoms with van der Waals surface area (Å²) >= 11 is 0. The Kier molecular flexibility index (Phi) is 9.59. The SMILES string of the molecule is N#Cc1ccc(-c2ccc(-c3nc(-c4ccc5cc(-c6cccc(-c7ccccc7)c6-c6ccccc6)ccc5c4)nc(-c4ccccc4-c4ccccc4)n3)cc2)cc1. The van der Waals surface area contributed by atoms with Crippen LogP contribution in [0.25, 0.3) is 101 Å². The molecule has 0 N–H and O–H groups in total. The van der Waals surface area contributed by atoms with Gasteiger partial charge >= 0.3 is 0 Å². The van der Waals surface area contributed by atoms with Crippen molar-refractivity contribution in [3.63, 3.8) is 0 Å². The molecule has 60 heavy (non-hydrogen) atoms. The Bertz CT molecular complexity index is 3170. The number of aromatic nitrogens is 3. The third kappa shape index (κ3) is 7.13. The summed E-state index contributed by atoms with van der Waals surface area (Å²) in [7, 11) is 0. The van der Waals surface area contributed by atoms with Crippen molar-refractivity contribution in [2.45, 2.75) is 0 Å². The van der Waals surface area contributed by atoms with Crippen LogP contribution in [-0.2, 0) is 0 Å². The average Bonchev–Trinajstić information content (AvgIpc) is 3.34. The fourth-order valence-corrected chi connectivity index (χ4v) is 7.97. The van der Waals surface area contributed by atoms with Crippen LogP contribution in [0.2, 0.25) is 0 Å². The van der Waals surface area contributed by atoms with Gasteiger partial charge in [-0.1, -0.05) is 194 Å². The molecule has 1 heterocycles. The molecule has 9 aromatic carbocycles. The van der Waals surface area contributed by atoms with Gasteiger partial charge in [-0.05, 0) is 90.7 Å².